The maximum absolute atomic E-state index is 11.5. The number of hydrogen-bond donors (Lipinski definition) is 0. The summed E-state index contributed by atoms with van der Waals surface area (Å²) in [5.41, 5.74) is 0. The van der Waals surface area contributed by atoms with Gasteiger partial charge in [0.15, 0.2) is 14.1 Å². The van der Waals surface area contributed by atoms with Crippen molar-refractivity contribution in [1.29, 1.82) is 0 Å². The first kappa shape index (κ1) is 22.3. The summed E-state index contributed by atoms with van der Waals surface area (Å²) < 4.78 is 23.4. The summed E-state index contributed by atoms with van der Waals surface area (Å²) >= 11 is 0. The molecule has 0 amide bonds. The van der Waals surface area contributed by atoms with Crippen LogP contribution in [0.25, 0.3) is 0 Å². The van der Waals surface area contributed by atoms with Crippen molar-refractivity contribution in [2.75, 3.05) is 13.2 Å². The van der Waals surface area contributed by atoms with Gasteiger partial charge in [-0.3, -0.25) is 0 Å². The molecule has 1 heterocycles. The Labute approximate surface area is 154 Å². The lowest BCUT2D eigenvalue weighted by Gasteiger charge is -2.37. The first-order chi connectivity index (χ1) is 11.3. The van der Waals surface area contributed by atoms with Crippen LogP contribution >= 0.6 is 0 Å². The normalized spacial score (nSPS) is 25.3. The van der Waals surface area contributed by atoms with E-state index in [2.05, 4.69) is 33.9 Å². The van der Waals surface area contributed by atoms with E-state index in [-0.39, 0.29) is 29.1 Å². The number of carbonyl (C=O) groups is 1. The molecule has 1 rings (SSSR count). The van der Waals surface area contributed by atoms with Crippen molar-refractivity contribution in [3.8, 4) is 0 Å². The van der Waals surface area contributed by atoms with Crippen LogP contribution in [-0.2, 0) is 23.4 Å². The number of hydrogen-bond acceptors (Lipinski definition) is 5. The second kappa shape index (κ2) is 8.33. The molecule has 0 spiro atoms. The van der Waals surface area contributed by atoms with Gasteiger partial charge < -0.3 is 18.6 Å². The Hall–Kier alpha value is -0.693. The Balaban J connectivity index is 2.78. The highest BCUT2D eigenvalue weighted by molar-refractivity contribution is 6.74. The summed E-state index contributed by atoms with van der Waals surface area (Å²) in [6.45, 7) is 19.6. The zero-order valence-electron chi connectivity index (χ0n) is 17.3. The molecule has 6 heteroatoms. The van der Waals surface area contributed by atoms with Gasteiger partial charge >= 0.3 is 5.97 Å². The van der Waals surface area contributed by atoms with E-state index in [0.29, 0.717) is 13.2 Å². The van der Waals surface area contributed by atoms with Crippen LogP contribution in [-0.4, -0.2) is 45.5 Å². The molecule has 0 radical (unpaired) electrons. The number of rotatable bonds is 7. The van der Waals surface area contributed by atoms with Gasteiger partial charge in [0.05, 0.1) is 19.3 Å². The molecule has 146 valence electrons. The Bertz CT molecular complexity index is 479. The molecule has 0 saturated carbocycles. The fourth-order valence-electron chi connectivity index (χ4n) is 2.47. The number of ether oxygens (including phenoxy) is 3. The van der Waals surface area contributed by atoms with E-state index in [1.54, 1.807) is 6.92 Å². The van der Waals surface area contributed by atoms with Crippen LogP contribution in [0.15, 0.2) is 12.2 Å². The van der Waals surface area contributed by atoms with Crippen molar-refractivity contribution < 1.29 is 23.4 Å². The molecule has 5 nitrogen and oxygen atoms in total. The smallest absolute Gasteiger partial charge is 0.330 e. The van der Waals surface area contributed by atoms with E-state index < -0.39 is 14.1 Å². The predicted molar refractivity (Wildman–Crippen MR) is 102 cm³/mol. The highest BCUT2D eigenvalue weighted by Gasteiger charge is 2.45. The lowest BCUT2D eigenvalue weighted by Crippen LogP contribution is -2.44. The molecule has 1 fully saturated rings. The molecule has 0 aromatic carbocycles. The average molecular weight is 373 g/mol. The summed E-state index contributed by atoms with van der Waals surface area (Å²) in [5, 5.41) is 0.146. The second-order valence-corrected chi connectivity index (χ2v) is 13.5. The quantitative estimate of drug-likeness (QED) is 0.379. The van der Waals surface area contributed by atoms with E-state index in [4.69, 9.17) is 18.6 Å². The molecular formula is C19H36O5Si. The number of esters is 1. The van der Waals surface area contributed by atoms with Crippen LogP contribution in [0, 0.1) is 5.92 Å². The Morgan fingerprint density at radius 2 is 1.88 bits per heavy atom. The fraction of sp³-hybridized carbons (Fsp3) is 0.842. The average Bonchev–Trinajstić information content (AvgIpc) is 2.77. The molecule has 0 unspecified atom stereocenters. The van der Waals surface area contributed by atoms with Crippen LogP contribution in [0.3, 0.4) is 0 Å². The molecule has 0 aliphatic carbocycles. The maximum atomic E-state index is 11.5. The number of carbonyl (C=O) groups excluding carboxylic acids is 1. The summed E-state index contributed by atoms with van der Waals surface area (Å²) in [5.74, 6) is -0.973. The predicted octanol–water partition coefficient (Wildman–Crippen LogP) is 4.28. The van der Waals surface area contributed by atoms with Gasteiger partial charge in [0.2, 0.25) is 0 Å². The zero-order valence-corrected chi connectivity index (χ0v) is 18.3. The minimum Gasteiger partial charge on any atom is -0.463 e. The third-order valence-electron chi connectivity index (χ3n) is 4.98. The van der Waals surface area contributed by atoms with E-state index in [9.17, 15) is 4.79 Å². The summed E-state index contributed by atoms with van der Waals surface area (Å²) in [6, 6.07) is 0. The Kier molecular flexibility index (Phi) is 7.45. The molecule has 0 aromatic rings. The monoisotopic (exact) mass is 372 g/mol. The maximum Gasteiger partial charge on any atom is 0.330 e. The van der Waals surface area contributed by atoms with Gasteiger partial charge in [-0.15, -0.1) is 0 Å². The van der Waals surface area contributed by atoms with Gasteiger partial charge in [-0.2, -0.15) is 0 Å². The van der Waals surface area contributed by atoms with Crippen molar-refractivity contribution >= 4 is 14.3 Å². The van der Waals surface area contributed by atoms with Gasteiger partial charge in [0, 0.05) is 12.0 Å². The molecule has 25 heavy (non-hydrogen) atoms. The van der Waals surface area contributed by atoms with Crippen LogP contribution in [0.5, 0.6) is 0 Å². The van der Waals surface area contributed by atoms with Gasteiger partial charge in [-0.1, -0.05) is 33.8 Å². The van der Waals surface area contributed by atoms with Gasteiger partial charge in [-0.25, -0.2) is 4.79 Å². The first-order valence-corrected chi connectivity index (χ1v) is 12.0. The van der Waals surface area contributed by atoms with Crippen LogP contribution in [0.1, 0.15) is 48.5 Å². The van der Waals surface area contributed by atoms with Gasteiger partial charge in [0.25, 0.3) is 0 Å². The fourth-order valence-corrected chi connectivity index (χ4v) is 3.49. The van der Waals surface area contributed by atoms with Crippen molar-refractivity contribution in [3.05, 3.63) is 12.2 Å². The molecule has 0 N–H and O–H groups in total. The third kappa shape index (κ3) is 6.51. The standard InChI is InChI=1S/C19H36O5Si/c1-10-21-16(20)12-11-14(2)17-15(23-19(6,7)24-17)13-22-25(8,9)18(3,4)5/h11-12,14-15,17H,10,13H2,1-9H3/b12-11+/t14-,15-,17-/m1/s1. The molecular weight excluding hydrogens is 336 g/mol. The van der Waals surface area contributed by atoms with Crippen LogP contribution < -0.4 is 0 Å². The zero-order chi connectivity index (χ0) is 19.5. The van der Waals surface area contributed by atoms with E-state index >= 15 is 0 Å². The first-order valence-electron chi connectivity index (χ1n) is 9.13. The molecule has 0 bridgehead atoms. The Morgan fingerprint density at radius 3 is 2.40 bits per heavy atom. The van der Waals surface area contributed by atoms with E-state index in [0.717, 1.165) is 0 Å². The highest BCUT2D eigenvalue weighted by atomic mass is 28.4. The largest absolute Gasteiger partial charge is 0.463 e. The van der Waals surface area contributed by atoms with E-state index in [1.807, 2.05) is 26.8 Å². The lowest BCUT2D eigenvalue weighted by molar-refractivity contribution is -0.150. The summed E-state index contributed by atoms with van der Waals surface area (Å²) in [4.78, 5) is 11.5. The minimum atomic E-state index is -1.86. The topological polar surface area (TPSA) is 54.0 Å². The minimum absolute atomic E-state index is 0.0131. The molecule has 1 saturated heterocycles. The molecule has 3 atom stereocenters. The second-order valence-electron chi connectivity index (χ2n) is 8.68. The van der Waals surface area contributed by atoms with Crippen molar-refractivity contribution in [2.45, 2.75) is 84.6 Å². The molecule has 1 aliphatic heterocycles. The third-order valence-corrected chi connectivity index (χ3v) is 9.48. The lowest BCUT2D eigenvalue weighted by atomic mass is 10.00. The van der Waals surface area contributed by atoms with Crippen molar-refractivity contribution in [1.82, 2.24) is 0 Å². The van der Waals surface area contributed by atoms with Gasteiger partial charge in [0.1, 0.15) is 6.10 Å². The van der Waals surface area contributed by atoms with Gasteiger partial charge in [-0.05, 0) is 38.9 Å². The highest BCUT2D eigenvalue weighted by Crippen LogP contribution is 2.38. The van der Waals surface area contributed by atoms with Crippen molar-refractivity contribution in [3.63, 3.8) is 0 Å². The summed E-state index contributed by atoms with van der Waals surface area (Å²) in [6.07, 6.45) is 2.97. The SMILES string of the molecule is CCOC(=O)/C=C/[C@@H](C)[C@H]1OC(C)(C)O[C@@H]1CO[Si](C)(C)C(C)(C)C. The van der Waals surface area contributed by atoms with Crippen LogP contribution in [0.2, 0.25) is 18.1 Å². The van der Waals surface area contributed by atoms with Crippen LogP contribution in [0.4, 0.5) is 0 Å². The van der Waals surface area contributed by atoms with Crippen molar-refractivity contribution in [2.24, 2.45) is 5.92 Å². The summed E-state index contributed by atoms with van der Waals surface area (Å²) in [7, 11) is -1.86. The molecule has 1 aliphatic rings. The van der Waals surface area contributed by atoms with E-state index in [1.165, 1.54) is 6.08 Å². The molecule has 0 aromatic heterocycles. The Morgan fingerprint density at radius 1 is 1.28 bits per heavy atom.